The number of hydrogen-bond acceptors (Lipinski definition) is 5. The maximum atomic E-state index is 13.5. The second kappa shape index (κ2) is 9.53. The molecule has 32 heavy (non-hydrogen) atoms. The Labute approximate surface area is 185 Å². The Morgan fingerprint density at radius 3 is 1.81 bits per heavy atom. The van der Waals surface area contributed by atoms with Gasteiger partial charge in [-0.2, -0.15) is 0 Å². The van der Waals surface area contributed by atoms with Crippen LogP contribution in [0.2, 0.25) is 0 Å². The second-order valence-corrected chi connectivity index (χ2v) is 6.89. The van der Waals surface area contributed by atoms with Gasteiger partial charge in [-0.1, -0.05) is 78.9 Å². The van der Waals surface area contributed by atoms with Crippen molar-refractivity contribution in [2.75, 3.05) is 0 Å². The van der Waals surface area contributed by atoms with Gasteiger partial charge in [-0.05, 0) is 24.3 Å². The van der Waals surface area contributed by atoms with Crippen LogP contribution in [-0.2, 0) is 4.79 Å². The molecule has 1 aromatic heterocycles. The summed E-state index contributed by atoms with van der Waals surface area (Å²) in [5, 5.41) is 11.2. The van der Waals surface area contributed by atoms with E-state index in [0.29, 0.717) is 11.3 Å². The van der Waals surface area contributed by atoms with Crippen LogP contribution < -0.4 is 0 Å². The van der Waals surface area contributed by atoms with Gasteiger partial charge in [-0.25, -0.2) is 4.99 Å². The first-order valence-electron chi connectivity index (χ1n) is 9.96. The highest BCUT2D eigenvalue weighted by Crippen LogP contribution is 2.25. The molecule has 0 bridgehead atoms. The van der Waals surface area contributed by atoms with Gasteiger partial charge in [-0.3, -0.25) is 9.59 Å². The second-order valence-electron chi connectivity index (χ2n) is 6.89. The van der Waals surface area contributed by atoms with Crippen LogP contribution in [0.1, 0.15) is 21.7 Å². The summed E-state index contributed by atoms with van der Waals surface area (Å²) in [6.45, 7) is 0. The summed E-state index contributed by atoms with van der Waals surface area (Å²) >= 11 is 0. The van der Waals surface area contributed by atoms with Crippen LogP contribution in [0, 0.1) is 0 Å². The fourth-order valence-corrected chi connectivity index (χ4v) is 3.18. The van der Waals surface area contributed by atoms with E-state index in [1.54, 1.807) is 97.1 Å². The van der Waals surface area contributed by atoms with E-state index >= 15 is 0 Å². The van der Waals surface area contributed by atoms with Gasteiger partial charge in [0.1, 0.15) is 11.5 Å². The third kappa shape index (κ3) is 4.47. The minimum absolute atomic E-state index is 0.0665. The van der Waals surface area contributed by atoms with Gasteiger partial charge in [-0.15, -0.1) is 0 Å². The predicted molar refractivity (Wildman–Crippen MR) is 123 cm³/mol. The SMILES string of the molecule is O=C(C(=O)c1ccccc1)/C(C(=Nc1ccccc1)c1ccco1)=C(/O)c1ccccc1. The Balaban J connectivity index is 1.94. The van der Waals surface area contributed by atoms with Crippen molar-refractivity contribution in [3.05, 3.63) is 132 Å². The molecule has 0 saturated carbocycles. The van der Waals surface area contributed by atoms with Crippen LogP contribution in [-0.4, -0.2) is 22.4 Å². The molecule has 0 saturated heterocycles. The molecule has 4 rings (SSSR count). The monoisotopic (exact) mass is 421 g/mol. The number of aliphatic hydroxyl groups is 1. The number of aliphatic hydroxyl groups excluding tert-OH is 1. The average molecular weight is 421 g/mol. The number of carbonyl (C=O) groups is 2. The summed E-state index contributed by atoms with van der Waals surface area (Å²) in [4.78, 5) is 31.1. The molecule has 156 valence electrons. The molecule has 0 atom stereocenters. The number of ketones is 2. The van der Waals surface area contributed by atoms with Gasteiger partial charge in [0.2, 0.25) is 11.6 Å². The first kappa shape index (κ1) is 20.8. The minimum atomic E-state index is -0.886. The zero-order valence-corrected chi connectivity index (χ0v) is 17.0. The smallest absolute Gasteiger partial charge is 0.239 e. The van der Waals surface area contributed by atoms with Gasteiger partial charge in [0.25, 0.3) is 0 Å². The fraction of sp³-hybridized carbons (Fsp3) is 0. The van der Waals surface area contributed by atoms with Gasteiger partial charge in [0, 0.05) is 11.1 Å². The van der Waals surface area contributed by atoms with Crippen molar-refractivity contribution < 1.29 is 19.1 Å². The van der Waals surface area contributed by atoms with E-state index in [9.17, 15) is 14.7 Å². The van der Waals surface area contributed by atoms with Crippen LogP contribution in [0.25, 0.3) is 5.76 Å². The topological polar surface area (TPSA) is 79.9 Å². The molecule has 1 heterocycles. The number of carbonyl (C=O) groups excluding carboxylic acids is 2. The molecule has 0 aliphatic heterocycles. The van der Waals surface area contributed by atoms with Gasteiger partial charge in [0.05, 0.1) is 17.5 Å². The number of hydrogen-bond donors (Lipinski definition) is 1. The molecular weight excluding hydrogens is 402 g/mol. The van der Waals surface area contributed by atoms with Crippen molar-refractivity contribution in [1.82, 2.24) is 0 Å². The average Bonchev–Trinajstić information content (AvgIpc) is 3.39. The van der Waals surface area contributed by atoms with Crippen molar-refractivity contribution in [1.29, 1.82) is 0 Å². The summed E-state index contributed by atoms with van der Waals surface area (Å²) in [6.07, 6.45) is 1.44. The van der Waals surface area contributed by atoms with E-state index in [0.717, 1.165) is 0 Å². The van der Waals surface area contributed by atoms with Crippen LogP contribution >= 0.6 is 0 Å². The van der Waals surface area contributed by atoms with Gasteiger partial charge in [0.15, 0.2) is 5.76 Å². The molecule has 0 spiro atoms. The highest BCUT2D eigenvalue weighted by molar-refractivity contribution is 6.56. The lowest BCUT2D eigenvalue weighted by Gasteiger charge is -2.12. The summed E-state index contributed by atoms with van der Waals surface area (Å²) in [5.74, 6) is -1.74. The van der Waals surface area contributed by atoms with Crippen LogP contribution in [0.4, 0.5) is 5.69 Å². The number of benzene rings is 3. The lowest BCUT2D eigenvalue weighted by molar-refractivity contribution is -0.111. The highest BCUT2D eigenvalue weighted by atomic mass is 16.3. The molecule has 0 unspecified atom stereocenters. The van der Waals surface area contributed by atoms with Crippen molar-refractivity contribution in [2.24, 2.45) is 4.99 Å². The van der Waals surface area contributed by atoms with Crippen molar-refractivity contribution in [2.45, 2.75) is 0 Å². The van der Waals surface area contributed by atoms with E-state index in [2.05, 4.69) is 4.99 Å². The number of rotatable bonds is 7. The minimum Gasteiger partial charge on any atom is -0.506 e. The number of aliphatic imine (C=N–C) groups is 1. The third-order valence-corrected chi connectivity index (χ3v) is 4.74. The Bertz CT molecular complexity index is 1270. The normalized spacial score (nSPS) is 12.2. The molecule has 1 N–H and O–H groups in total. The number of Topliss-reactive ketones (excluding diaryl/α,β-unsaturated/α-hetero) is 2. The Hall–Kier alpha value is -4.51. The standard InChI is InChI=1S/C27H19NO4/c29-25(19-11-4-1-5-12-19)23(27(31)26(30)20-13-6-2-7-14-20)24(22-17-10-18-32-22)28-21-15-8-3-9-16-21/h1-18,29H/b25-23+,28-24?. The number of furan rings is 1. The Kier molecular flexibility index (Phi) is 6.18. The summed E-state index contributed by atoms with van der Waals surface area (Å²) in [7, 11) is 0. The summed E-state index contributed by atoms with van der Waals surface area (Å²) < 4.78 is 5.53. The number of allylic oxidation sites excluding steroid dienone is 1. The maximum absolute atomic E-state index is 13.5. The van der Waals surface area contributed by atoms with E-state index in [-0.39, 0.29) is 28.4 Å². The van der Waals surface area contributed by atoms with Crippen LogP contribution in [0.5, 0.6) is 0 Å². The maximum Gasteiger partial charge on any atom is 0.239 e. The first-order chi connectivity index (χ1) is 15.6. The molecule has 0 aliphatic rings. The van der Waals surface area contributed by atoms with Crippen molar-refractivity contribution >= 4 is 28.7 Å². The summed E-state index contributed by atoms with van der Waals surface area (Å²) in [6, 6.07) is 29.0. The molecule has 5 nitrogen and oxygen atoms in total. The quantitative estimate of drug-likeness (QED) is 0.134. The van der Waals surface area contributed by atoms with Gasteiger partial charge < -0.3 is 9.52 Å². The number of nitrogens with zero attached hydrogens (tertiary/aromatic N) is 1. The Morgan fingerprint density at radius 2 is 1.25 bits per heavy atom. The highest BCUT2D eigenvalue weighted by Gasteiger charge is 2.30. The first-order valence-corrected chi connectivity index (χ1v) is 9.96. The zero-order valence-electron chi connectivity index (χ0n) is 17.0. The zero-order chi connectivity index (χ0) is 22.3. The van der Waals surface area contributed by atoms with E-state index < -0.39 is 11.6 Å². The number of para-hydroxylation sites is 1. The summed E-state index contributed by atoms with van der Waals surface area (Å²) in [5.41, 5.74) is 0.969. The van der Waals surface area contributed by atoms with E-state index in [1.807, 2.05) is 6.07 Å². The van der Waals surface area contributed by atoms with Crippen LogP contribution in [0.15, 0.2) is 124 Å². The molecule has 5 heteroatoms. The lowest BCUT2D eigenvalue weighted by Crippen LogP contribution is -2.24. The molecule has 0 aliphatic carbocycles. The van der Waals surface area contributed by atoms with E-state index in [4.69, 9.17) is 4.42 Å². The predicted octanol–water partition coefficient (Wildman–Crippen LogP) is 5.82. The Morgan fingerprint density at radius 1 is 0.688 bits per heavy atom. The largest absolute Gasteiger partial charge is 0.506 e. The lowest BCUT2D eigenvalue weighted by atomic mass is 9.93. The molecule has 3 aromatic carbocycles. The fourth-order valence-electron chi connectivity index (χ4n) is 3.18. The van der Waals surface area contributed by atoms with Crippen LogP contribution in [0.3, 0.4) is 0 Å². The molecule has 4 aromatic rings. The van der Waals surface area contributed by atoms with Gasteiger partial charge >= 0.3 is 0 Å². The van der Waals surface area contributed by atoms with Crippen molar-refractivity contribution in [3.8, 4) is 0 Å². The van der Waals surface area contributed by atoms with E-state index in [1.165, 1.54) is 6.26 Å². The third-order valence-electron chi connectivity index (χ3n) is 4.74. The molecule has 0 fully saturated rings. The molecule has 0 radical (unpaired) electrons. The molecular formula is C27H19NO4. The molecule has 0 amide bonds. The van der Waals surface area contributed by atoms with Crippen molar-refractivity contribution in [3.63, 3.8) is 0 Å².